The Balaban J connectivity index is 2.04. The van der Waals surface area contributed by atoms with Gasteiger partial charge in [0.05, 0.1) is 5.56 Å². The minimum absolute atomic E-state index is 0.00845. The minimum Gasteiger partial charge on any atom is -0.247 e. The Morgan fingerprint density at radius 1 is 1.14 bits per heavy atom. The van der Waals surface area contributed by atoms with Gasteiger partial charge in [0, 0.05) is 4.90 Å². The van der Waals surface area contributed by atoms with Crippen molar-refractivity contribution in [1.82, 2.24) is 19.8 Å². The molecule has 0 aliphatic rings. The Morgan fingerprint density at radius 3 is 2.64 bits per heavy atom. The number of hydrogen-bond donors (Lipinski definition) is 0. The topological polar surface area (TPSA) is 60.2 Å². The third kappa shape index (κ3) is 2.69. The van der Waals surface area contributed by atoms with Crippen molar-refractivity contribution in [3.63, 3.8) is 0 Å². The van der Waals surface area contributed by atoms with Gasteiger partial charge in [-0.05, 0) is 41.9 Å². The van der Waals surface area contributed by atoms with E-state index < -0.39 is 22.5 Å². The first-order valence-electron chi connectivity index (χ1n) is 5.83. The van der Waals surface area contributed by atoms with Crippen molar-refractivity contribution in [3.05, 3.63) is 47.2 Å². The monoisotopic (exact) mass is 346 g/mol. The smallest absolute Gasteiger partial charge is 0.247 e. The Kier molecular flexibility index (Phi) is 3.61. The second-order valence-corrected chi connectivity index (χ2v) is 5.97. The van der Waals surface area contributed by atoms with Gasteiger partial charge in [-0.15, -0.1) is 10.2 Å². The molecular formula is C12H6ClF3N4OS. The van der Waals surface area contributed by atoms with Crippen molar-refractivity contribution in [2.75, 3.05) is 0 Å². The first-order chi connectivity index (χ1) is 10.4. The molecule has 0 amide bonds. The molecule has 5 nitrogen and oxygen atoms in total. The highest BCUT2D eigenvalue weighted by molar-refractivity contribution is 7.85. The van der Waals surface area contributed by atoms with Crippen LogP contribution in [-0.4, -0.2) is 24.0 Å². The number of aromatic nitrogens is 4. The lowest BCUT2D eigenvalue weighted by atomic mass is 10.2. The number of nitrogens with zero attached hydrogens (tertiary/aromatic N) is 4. The van der Waals surface area contributed by atoms with Crippen molar-refractivity contribution >= 4 is 28.0 Å². The van der Waals surface area contributed by atoms with Crippen LogP contribution in [0.2, 0.25) is 5.28 Å². The number of halogens is 4. The molecule has 1 aromatic carbocycles. The lowest BCUT2D eigenvalue weighted by Crippen LogP contribution is -2.07. The maximum Gasteiger partial charge on any atom is 0.416 e. The van der Waals surface area contributed by atoms with Gasteiger partial charge in [-0.2, -0.15) is 22.8 Å². The average molecular weight is 347 g/mol. The quantitative estimate of drug-likeness (QED) is 0.715. The summed E-state index contributed by atoms with van der Waals surface area (Å²) in [5.74, 6) is 0. The van der Waals surface area contributed by atoms with E-state index >= 15 is 0 Å². The largest absolute Gasteiger partial charge is 0.416 e. The molecule has 0 aliphatic carbocycles. The summed E-state index contributed by atoms with van der Waals surface area (Å²) in [5, 5.41) is 11.3. The van der Waals surface area contributed by atoms with Crippen LogP contribution in [0.1, 0.15) is 5.56 Å². The van der Waals surface area contributed by atoms with E-state index in [0.29, 0.717) is 5.65 Å². The molecule has 0 fully saturated rings. The van der Waals surface area contributed by atoms with Crippen LogP contribution in [0.5, 0.6) is 0 Å². The van der Waals surface area contributed by atoms with Crippen molar-refractivity contribution in [2.24, 2.45) is 0 Å². The van der Waals surface area contributed by atoms with Crippen LogP contribution < -0.4 is 0 Å². The van der Waals surface area contributed by atoms with Gasteiger partial charge in [-0.1, -0.05) is 6.07 Å². The number of benzene rings is 1. The van der Waals surface area contributed by atoms with Crippen LogP contribution in [0.3, 0.4) is 0 Å². The molecule has 3 aromatic rings. The van der Waals surface area contributed by atoms with E-state index in [9.17, 15) is 17.4 Å². The molecule has 0 unspecified atom stereocenters. The Labute approximate surface area is 129 Å². The molecule has 114 valence electrons. The van der Waals surface area contributed by atoms with E-state index in [1.165, 1.54) is 24.3 Å². The van der Waals surface area contributed by atoms with Crippen molar-refractivity contribution in [2.45, 2.75) is 16.1 Å². The molecule has 2 heterocycles. The van der Waals surface area contributed by atoms with Gasteiger partial charge in [0.25, 0.3) is 0 Å². The fraction of sp³-hybridized carbons (Fsp3) is 0.0833. The summed E-state index contributed by atoms with van der Waals surface area (Å²) in [7, 11) is -1.89. The highest BCUT2D eigenvalue weighted by Crippen LogP contribution is 2.30. The fourth-order valence-corrected chi connectivity index (χ4v) is 2.94. The summed E-state index contributed by atoms with van der Waals surface area (Å²) >= 11 is 5.76. The molecule has 10 heteroatoms. The number of fused-ring (bicyclic) bond motifs is 1. The van der Waals surface area contributed by atoms with Crippen LogP contribution >= 0.6 is 11.6 Å². The van der Waals surface area contributed by atoms with Crippen molar-refractivity contribution in [1.29, 1.82) is 0 Å². The van der Waals surface area contributed by atoms with Crippen LogP contribution in [0.4, 0.5) is 13.2 Å². The molecule has 0 aliphatic heterocycles. The Bertz CT molecular complexity index is 880. The van der Waals surface area contributed by atoms with Crippen LogP contribution in [-0.2, 0) is 17.0 Å². The molecule has 1 atom stereocenters. The molecular weight excluding hydrogens is 341 g/mol. The molecule has 2 aromatic heterocycles. The van der Waals surface area contributed by atoms with Crippen molar-refractivity contribution in [3.8, 4) is 0 Å². The zero-order valence-electron chi connectivity index (χ0n) is 10.6. The normalized spacial score (nSPS) is 13.5. The van der Waals surface area contributed by atoms with Gasteiger partial charge in [-0.25, -0.2) is 4.21 Å². The summed E-state index contributed by atoms with van der Waals surface area (Å²) in [6.07, 6.45) is -4.50. The molecule has 0 radical (unpaired) electrons. The molecule has 0 saturated carbocycles. The van der Waals surface area contributed by atoms with Crippen molar-refractivity contribution < 1.29 is 17.4 Å². The number of hydrogen-bond acceptors (Lipinski definition) is 4. The number of alkyl halides is 3. The van der Waals surface area contributed by atoms with E-state index in [1.807, 2.05) is 0 Å². The molecule has 0 spiro atoms. The first-order valence-corrected chi connectivity index (χ1v) is 7.36. The summed E-state index contributed by atoms with van der Waals surface area (Å²) in [6.45, 7) is 0. The maximum absolute atomic E-state index is 12.7. The predicted molar refractivity (Wildman–Crippen MR) is 71.9 cm³/mol. The van der Waals surface area contributed by atoms with E-state index in [1.54, 1.807) is 0 Å². The van der Waals surface area contributed by atoms with Crippen LogP contribution in [0.15, 0.2) is 46.3 Å². The van der Waals surface area contributed by atoms with E-state index in [-0.39, 0.29) is 15.2 Å². The third-order valence-electron chi connectivity index (χ3n) is 2.77. The van der Waals surface area contributed by atoms with Gasteiger partial charge in [-0.3, -0.25) is 0 Å². The maximum atomic E-state index is 12.7. The van der Waals surface area contributed by atoms with Gasteiger partial charge in [0.15, 0.2) is 10.7 Å². The third-order valence-corrected chi connectivity index (χ3v) is 4.28. The number of rotatable bonds is 2. The van der Waals surface area contributed by atoms with Gasteiger partial charge >= 0.3 is 6.18 Å². The fourth-order valence-electron chi connectivity index (χ4n) is 1.75. The van der Waals surface area contributed by atoms with Gasteiger partial charge in [0.1, 0.15) is 10.8 Å². The van der Waals surface area contributed by atoms with Gasteiger partial charge in [0.2, 0.25) is 5.28 Å². The lowest BCUT2D eigenvalue weighted by Gasteiger charge is -2.08. The zero-order valence-corrected chi connectivity index (χ0v) is 12.2. The SMILES string of the molecule is O=[S@](c1cccc(C(F)(F)F)c1)c1ccc2nnc(Cl)n2n1. The summed E-state index contributed by atoms with van der Waals surface area (Å²) in [4.78, 5) is -0.00845. The zero-order chi connectivity index (χ0) is 15.9. The molecule has 3 rings (SSSR count). The minimum atomic E-state index is -4.50. The first kappa shape index (κ1) is 14.9. The summed E-state index contributed by atoms with van der Waals surface area (Å²) in [5.41, 5.74) is -0.531. The predicted octanol–water partition coefficient (Wildman–Crippen LogP) is 2.96. The van der Waals surface area contributed by atoms with Crippen LogP contribution in [0.25, 0.3) is 5.65 Å². The Morgan fingerprint density at radius 2 is 1.91 bits per heavy atom. The molecule has 0 bridgehead atoms. The summed E-state index contributed by atoms with van der Waals surface area (Å²) in [6, 6.07) is 7.15. The van der Waals surface area contributed by atoms with E-state index in [0.717, 1.165) is 16.6 Å². The molecule has 22 heavy (non-hydrogen) atoms. The second-order valence-electron chi connectivity index (χ2n) is 4.20. The Hall–Kier alpha value is -2.00. The lowest BCUT2D eigenvalue weighted by molar-refractivity contribution is -0.137. The second kappa shape index (κ2) is 5.33. The highest BCUT2D eigenvalue weighted by Gasteiger charge is 2.31. The van der Waals surface area contributed by atoms with E-state index in [2.05, 4.69) is 15.3 Å². The molecule has 0 saturated heterocycles. The summed E-state index contributed by atoms with van der Waals surface area (Å²) < 4.78 is 51.6. The van der Waals surface area contributed by atoms with Gasteiger partial charge < -0.3 is 0 Å². The molecule has 0 N–H and O–H groups in total. The standard InChI is InChI=1S/C12H6ClF3N4OS/c13-11-18-17-9-4-5-10(19-20(9)11)22(21)8-3-1-2-7(6-8)12(14,15)16/h1-6H/t22-/m1/s1. The van der Waals surface area contributed by atoms with Crippen LogP contribution in [0, 0.1) is 0 Å². The highest BCUT2D eigenvalue weighted by atomic mass is 35.5. The van der Waals surface area contributed by atoms with E-state index in [4.69, 9.17) is 11.6 Å². The average Bonchev–Trinajstić information content (AvgIpc) is 2.87.